The maximum absolute atomic E-state index is 10.8. The van der Waals surface area contributed by atoms with E-state index in [1.54, 1.807) is 0 Å². The minimum Gasteiger partial charge on any atom is -0.509 e. The minimum absolute atomic E-state index is 0.0416. The molecule has 1 aliphatic carbocycles. The van der Waals surface area contributed by atoms with Gasteiger partial charge in [0.25, 0.3) is 0 Å². The zero-order valence-electron chi connectivity index (χ0n) is 11.5. The van der Waals surface area contributed by atoms with Crippen LogP contribution in [-0.2, 0) is 9.53 Å². The van der Waals surface area contributed by atoms with Crippen LogP contribution in [0.25, 0.3) is 5.57 Å². The summed E-state index contributed by atoms with van der Waals surface area (Å²) in [4.78, 5) is 10.8. The number of hydrogen-bond acceptors (Lipinski definition) is 3. The average molecular weight is 270 g/mol. The molecule has 3 nitrogen and oxygen atoms in total. The molecule has 0 aliphatic heterocycles. The van der Waals surface area contributed by atoms with E-state index < -0.39 is 0 Å². The van der Waals surface area contributed by atoms with Gasteiger partial charge in [0.05, 0.1) is 5.76 Å². The highest BCUT2D eigenvalue weighted by Gasteiger charge is 2.09. The van der Waals surface area contributed by atoms with Gasteiger partial charge < -0.3 is 9.84 Å². The largest absolute Gasteiger partial charge is 0.509 e. The monoisotopic (exact) mass is 270 g/mol. The SMILES string of the molecule is CC(=O)C=C(O)COC1=CC=C(c2ccccc2)CC1. The zero-order chi connectivity index (χ0) is 14.4. The first-order valence-electron chi connectivity index (χ1n) is 6.63. The van der Waals surface area contributed by atoms with E-state index in [4.69, 9.17) is 4.74 Å². The molecule has 20 heavy (non-hydrogen) atoms. The highest BCUT2D eigenvalue weighted by atomic mass is 16.5. The van der Waals surface area contributed by atoms with E-state index in [0.29, 0.717) is 0 Å². The van der Waals surface area contributed by atoms with Crippen LogP contribution in [0.4, 0.5) is 0 Å². The molecule has 0 unspecified atom stereocenters. The second-order valence-corrected chi connectivity index (χ2v) is 4.73. The Bertz CT molecular complexity index is 565. The molecule has 0 saturated heterocycles. The lowest BCUT2D eigenvalue weighted by Crippen LogP contribution is -2.02. The van der Waals surface area contributed by atoms with E-state index in [9.17, 15) is 9.90 Å². The van der Waals surface area contributed by atoms with Crippen LogP contribution in [0, 0.1) is 0 Å². The zero-order valence-corrected chi connectivity index (χ0v) is 11.5. The lowest BCUT2D eigenvalue weighted by Gasteiger charge is -2.15. The first-order valence-corrected chi connectivity index (χ1v) is 6.63. The van der Waals surface area contributed by atoms with E-state index >= 15 is 0 Å². The summed E-state index contributed by atoms with van der Waals surface area (Å²) in [6, 6.07) is 10.2. The normalized spacial score (nSPS) is 15.3. The van der Waals surface area contributed by atoms with Crippen LogP contribution in [-0.4, -0.2) is 17.5 Å². The Hall–Kier alpha value is -2.29. The molecule has 0 bridgehead atoms. The fraction of sp³-hybridized carbons (Fsp3) is 0.235. The fourth-order valence-corrected chi connectivity index (χ4v) is 2.07. The lowest BCUT2D eigenvalue weighted by atomic mass is 9.97. The van der Waals surface area contributed by atoms with Gasteiger partial charge in [0.2, 0.25) is 0 Å². The second kappa shape index (κ2) is 6.75. The molecule has 0 fully saturated rings. The first-order chi connectivity index (χ1) is 9.65. The molecule has 0 saturated carbocycles. The number of allylic oxidation sites excluding steroid dienone is 5. The smallest absolute Gasteiger partial charge is 0.156 e. The van der Waals surface area contributed by atoms with Crippen molar-refractivity contribution < 1.29 is 14.6 Å². The van der Waals surface area contributed by atoms with Crippen molar-refractivity contribution in [2.24, 2.45) is 0 Å². The van der Waals surface area contributed by atoms with Gasteiger partial charge in [-0.3, -0.25) is 4.79 Å². The summed E-state index contributed by atoms with van der Waals surface area (Å²) in [7, 11) is 0. The molecular weight excluding hydrogens is 252 g/mol. The van der Waals surface area contributed by atoms with E-state index in [1.165, 1.54) is 24.1 Å². The topological polar surface area (TPSA) is 46.5 Å². The molecule has 1 aromatic carbocycles. The Kier molecular flexibility index (Phi) is 4.77. The third-order valence-corrected chi connectivity index (χ3v) is 3.03. The third-order valence-electron chi connectivity index (χ3n) is 3.03. The van der Waals surface area contributed by atoms with Crippen molar-refractivity contribution in [3.63, 3.8) is 0 Å². The van der Waals surface area contributed by atoms with Crippen LogP contribution in [0.2, 0.25) is 0 Å². The number of carbonyl (C=O) groups excluding carboxylic acids is 1. The molecule has 1 N–H and O–H groups in total. The Morgan fingerprint density at radius 2 is 2.00 bits per heavy atom. The number of ether oxygens (including phenoxy) is 1. The van der Waals surface area contributed by atoms with Crippen LogP contribution >= 0.6 is 0 Å². The maximum Gasteiger partial charge on any atom is 0.156 e. The Balaban J connectivity index is 1.95. The molecule has 2 rings (SSSR count). The van der Waals surface area contributed by atoms with Crippen molar-refractivity contribution >= 4 is 11.4 Å². The average Bonchev–Trinajstić information content (AvgIpc) is 2.46. The number of carbonyl (C=O) groups is 1. The number of ketones is 1. The third kappa shape index (κ3) is 4.12. The summed E-state index contributed by atoms with van der Waals surface area (Å²) in [5.74, 6) is 0.597. The van der Waals surface area contributed by atoms with Crippen molar-refractivity contribution in [3.8, 4) is 0 Å². The van der Waals surface area contributed by atoms with Crippen LogP contribution < -0.4 is 0 Å². The first kappa shape index (κ1) is 14.1. The van der Waals surface area contributed by atoms with E-state index in [0.717, 1.165) is 18.6 Å². The Morgan fingerprint density at radius 1 is 1.25 bits per heavy atom. The highest BCUT2D eigenvalue weighted by molar-refractivity contribution is 5.87. The van der Waals surface area contributed by atoms with Gasteiger partial charge in [-0.2, -0.15) is 0 Å². The molecular formula is C17H18O3. The van der Waals surface area contributed by atoms with Gasteiger partial charge in [0.1, 0.15) is 12.4 Å². The highest BCUT2D eigenvalue weighted by Crippen LogP contribution is 2.27. The quantitative estimate of drug-likeness (QED) is 0.654. The fourth-order valence-electron chi connectivity index (χ4n) is 2.07. The summed E-state index contributed by atoms with van der Waals surface area (Å²) in [5, 5.41) is 9.45. The van der Waals surface area contributed by atoms with Crippen molar-refractivity contribution in [2.45, 2.75) is 19.8 Å². The van der Waals surface area contributed by atoms with Crippen LogP contribution in [0.15, 0.2) is 60.1 Å². The van der Waals surface area contributed by atoms with Crippen molar-refractivity contribution in [3.05, 3.63) is 65.6 Å². The van der Waals surface area contributed by atoms with Gasteiger partial charge in [-0.05, 0) is 30.6 Å². The predicted octanol–water partition coefficient (Wildman–Crippen LogP) is 3.80. The van der Waals surface area contributed by atoms with Gasteiger partial charge in [0, 0.05) is 12.5 Å². The number of rotatable bonds is 5. The van der Waals surface area contributed by atoms with Gasteiger partial charge >= 0.3 is 0 Å². The molecule has 0 atom stereocenters. The standard InChI is InChI=1S/C17H18O3/c1-13(18)11-16(19)12-20-17-9-7-15(8-10-17)14-5-3-2-4-6-14/h2-7,9,11,19H,8,10,12H2,1H3. The van der Waals surface area contributed by atoms with Crippen LogP contribution in [0.1, 0.15) is 25.3 Å². The van der Waals surface area contributed by atoms with Crippen molar-refractivity contribution in [2.75, 3.05) is 6.61 Å². The Labute approximate surface area is 118 Å². The molecule has 104 valence electrons. The summed E-state index contributed by atoms with van der Waals surface area (Å²) in [5.41, 5.74) is 2.50. The van der Waals surface area contributed by atoms with E-state index in [2.05, 4.69) is 12.1 Å². The van der Waals surface area contributed by atoms with Gasteiger partial charge in [-0.1, -0.05) is 36.4 Å². The van der Waals surface area contributed by atoms with E-state index in [1.807, 2.05) is 30.4 Å². The minimum atomic E-state index is -0.185. The summed E-state index contributed by atoms with van der Waals surface area (Å²) in [6.07, 6.45) is 6.85. The molecule has 0 heterocycles. The predicted molar refractivity (Wildman–Crippen MR) is 79.1 cm³/mol. The number of benzene rings is 1. The molecule has 1 aromatic rings. The molecule has 0 radical (unpaired) electrons. The van der Waals surface area contributed by atoms with Crippen molar-refractivity contribution in [1.29, 1.82) is 0 Å². The van der Waals surface area contributed by atoms with Crippen LogP contribution in [0.3, 0.4) is 0 Å². The van der Waals surface area contributed by atoms with Gasteiger partial charge in [0.15, 0.2) is 5.78 Å². The number of aliphatic hydroxyl groups is 1. The van der Waals surface area contributed by atoms with Crippen LogP contribution in [0.5, 0.6) is 0 Å². The van der Waals surface area contributed by atoms with Crippen molar-refractivity contribution in [1.82, 2.24) is 0 Å². The second-order valence-electron chi connectivity index (χ2n) is 4.73. The molecule has 3 heteroatoms. The summed E-state index contributed by atoms with van der Waals surface area (Å²) >= 11 is 0. The molecule has 0 spiro atoms. The van der Waals surface area contributed by atoms with Gasteiger partial charge in [-0.25, -0.2) is 0 Å². The molecule has 0 aromatic heterocycles. The number of aliphatic hydroxyl groups excluding tert-OH is 1. The maximum atomic E-state index is 10.8. The lowest BCUT2D eigenvalue weighted by molar-refractivity contribution is -0.112. The van der Waals surface area contributed by atoms with E-state index in [-0.39, 0.29) is 18.1 Å². The van der Waals surface area contributed by atoms with Gasteiger partial charge in [-0.15, -0.1) is 0 Å². The summed E-state index contributed by atoms with van der Waals surface area (Å²) < 4.78 is 5.48. The molecule has 1 aliphatic rings. The molecule has 0 amide bonds. The summed E-state index contributed by atoms with van der Waals surface area (Å²) in [6.45, 7) is 1.44. The Morgan fingerprint density at radius 3 is 2.60 bits per heavy atom. The number of hydrogen-bond donors (Lipinski definition) is 1.